The fourth-order valence-corrected chi connectivity index (χ4v) is 8.64. The minimum Gasteiger partial charge on any atom is -0.481 e. The molecule has 0 aromatic heterocycles. The van der Waals surface area contributed by atoms with Crippen LogP contribution in [0.3, 0.4) is 0 Å². The Bertz CT molecular complexity index is 986. The molecule has 4 saturated heterocycles. The zero-order valence-electron chi connectivity index (χ0n) is 24.3. The summed E-state index contributed by atoms with van der Waals surface area (Å²) in [5.41, 5.74) is -1.46. The van der Waals surface area contributed by atoms with E-state index in [1.165, 1.54) is 0 Å². The summed E-state index contributed by atoms with van der Waals surface area (Å²) in [6.07, 6.45) is 11.6. The minimum atomic E-state index is -0.710. The lowest BCUT2D eigenvalue weighted by atomic mass is 9.57. The summed E-state index contributed by atoms with van der Waals surface area (Å²) in [6.45, 7) is 10.5. The van der Waals surface area contributed by atoms with E-state index in [1.807, 2.05) is 6.92 Å². The highest BCUT2D eigenvalue weighted by Crippen LogP contribution is 2.58. The highest BCUT2D eigenvalue weighted by Gasteiger charge is 2.61. The lowest BCUT2D eigenvalue weighted by Gasteiger charge is -2.45. The number of hydrogen-bond acceptors (Lipinski definition) is 6. The van der Waals surface area contributed by atoms with Crippen molar-refractivity contribution in [2.75, 3.05) is 0 Å². The predicted octanol–water partition coefficient (Wildman–Crippen LogP) is 5.06. The summed E-state index contributed by atoms with van der Waals surface area (Å²) in [5, 5.41) is 19.7. The Morgan fingerprint density at radius 1 is 0.872 bits per heavy atom. The summed E-state index contributed by atoms with van der Waals surface area (Å²) < 4.78 is 22.4. The van der Waals surface area contributed by atoms with E-state index in [0.717, 1.165) is 51.4 Å². The van der Waals surface area contributed by atoms with Crippen molar-refractivity contribution in [2.45, 2.75) is 148 Å². The Morgan fingerprint density at radius 3 is 2.15 bits per heavy atom. The molecule has 7 fully saturated rings. The van der Waals surface area contributed by atoms with Crippen LogP contribution in [0.25, 0.3) is 0 Å². The largest absolute Gasteiger partial charge is 0.481 e. The van der Waals surface area contributed by atoms with Gasteiger partial charge in [-0.25, -0.2) is 0 Å². The van der Waals surface area contributed by atoms with Crippen molar-refractivity contribution < 1.29 is 38.7 Å². The number of fused-ring (bicyclic) bond motifs is 3. The molecular weight excluding hydrogens is 500 g/mol. The van der Waals surface area contributed by atoms with E-state index in [2.05, 4.69) is 27.7 Å². The molecule has 7 aliphatic rings. The lowest BCUT2D eigenvalue weighted by Crippen LogP contribution is -2.47. The summed E-state index contributed by atoms with van der Waals surface area (Å²) in [6, 6.07) is 0. The molecule has 4 heterocycles. The Morgan fingerprint density at radius 2 is 1.51 bits per heavy atom. The molecule has 8 nitrogen and oxygen atoms in total. The Balaban J connectivity index is 0.000000142. The molecule has 7 rings (SSSR count). The van der Waals surface area contributed by atoms with Gasteiger partial charge in [0.25, 0.3) is 0 Å². The van der Waals surface area contributed by atoms with Crippen molar-refractivity contribution >= 4 is 11.9 Å². The van der Waals surface area contributed by atoms with Crippen LogP contribution < -0.4 is 0 Å². The third-order valence-corrected chi connectivity index (χ3v) is 12.3. The van der Waals surface area contributed by atoms with E-state index in [-0.39, 0.29) is 29.6 Å². The molecule has 8 heteroatoms. The van der Waals surface area contributed by atoms with Gasteiger partial charge in [-0.3, -0.25) is 9.59 Å². The molecule has 39 heavy (non-hydrogen) atoms. The Kier molecular flexibility index (Phi) is 6.92. The quantitative estimate of drug-likeness (QED) is 0.403. The van der Waals surface area contributed by atoms with E-state index >= 15 is 0 Å². The van der Waals surface area contributed by atoms with Crippen LogP contribution in [-0.2, 0) is 28.5 Å². The van der Waals surface area contributed by atoms with Gasteiger partial charge in [0.2, 0.25) is 0 Å². The van der Waals surface area contributed by atoms with Crippen molar-refractivity contribution in [3.05, 3.63) is 0 Å². The second-order valence-corrected chi connectivity index (χ2v) is 14.6. The van der Waals surface area contributed by atoms with Gasteiger partial charge < -0.3 is 29.2 Å². The number of ether oxygens (including phenoxy) is 4. The van der Waals surface area contributed by atoms with Crippen LogP contribution in [0.15, 0.2) is 0 Å². The molecule has 0 radical (unpaired) electrons. The first-order valence-electron chi connectivity index (χ1n) is 15.5. The first kappa shape index (κ1) is 27.9. The number of carbonyl (C=O) groups is 2. The topological polar surface area (TPSA) is 125 Å². The number of carboxylic acid groups (broad SMARTS) is 2. The van der Waals surface area contributed by atoms with Crippen molar-refractivity contribution in [2.24, 2.45) is 34.0 Å². The van der Waals surface area contributed by atoms with Crippen LogP contribution >= 0.6 is 0 Å². The summed E-state index contributed by atoms with van der Waals surface area (Å²) in [7, 11) is 0. The number of epoxide rings is 4. The third-order valence-electron chi connectivity index (χ3n) is 12.3. The van der Waals surface area contributed by atoms with Gasteiger partial charge in [-0.05, 0) is 94.3 Å². The van der Waals surface area contributed by atoms with Gasteiger partial charge in [0.15, 0.2) is 0 Å². The van der Waals surface area contributed by atoms with E-state index < -0.39 is 22.8 Å². The van der Waals surface area contributed by atoms with Gasteiger partial charge >= 0.3 is 11.9 Å². The zero-order valence-corrected chi connectivity index (χ0v) is 24.3. The summed E-state index contributed by atoms with van der Waals surface area (Å²) in [5.74, 6) is 0.00542. The van der Waals surface area contributed by atoms with Crippen molar-refractivity contribution in [1.29, 1.82) is 0 Å². The molecule has 3 aliphatic carbocycles. The van der Waals surface area contributed by atoms with Crippen LogP contribution in [0, 0.1) is 34.0 Å². The molecule has 14 unspecified atom stereocenters. The monoisotopic (exact) mass is 548 g/mol. The van der Waals surface area contributed by atoms with Gasteiger partial charge in [-0.2, -0.15) is 0 Å². The van der Waals surface area contributed by atoms with Crippen LogP contribution in [0.4, 0.5) is 0 Å². The third kappa shape index (κ3) is 5.06. The molecule has 0 amide bonds. The van der Waals surface area contributed by atoms with Crippen molar-refractivity contribution in [1.82, 2.24) is 0 Å². The minimum absolute atomic E-state index is 0.140. The van der Waals surface area contributed by atoms with E-state index in [4.69, 9.17) is 18.9 Å². The van der Waals surface area contributed by atoms with Crippen LogP contribution in [-0.4, -0.2) is 71.0 Å². The smallest absolute Gasteiger partial charge is 0.310 e. The van der Waals surface area contributed by atoms with Crippen LogP contribution in [0.1, 0.15) is 98.8 Å². The highest BCUT2D eigenvalue weighted by atomic mass is 16.6. The van der Waals surface area contributed by atoms with Gasteiger partial charge in [-0.15, -0.1) is 0 Å². The summed E-state index contributed by atoms with van der Waals surface area (Å²) >= 11 is 0. The number of carboxylic acids is 2. The highest BCUT2D eigenvalue weighted by molar-refractivity contribution is 5.76. The van der Waals surface area contributed by atoms with Gasteiger partial charge in [0, 0.05) is 0 Å². The predicted molar refractivity (Wildman–Crippen MR) is 142 cm³/mol. The van der Waals surface area contributed by atoms with Crippen molar-refractivity contribution in [3.63, 3.8) is 0 Å². The lowest BCUT2D eigenvalue weighted by molar-refractivity contribution is -0.159. The van der Waals surface area contributed by atoms with E-state index in [1.54, 1.807) is 0 Å². The van der Waals surface area contributed by atoms with Crippen LogP contribution in [0.5, 0.6) is 0 Å². The Labute approximate surface area is 232 Å². The first-order chi connectivity index (χ1) is 18.4. The molecule has 2 N–H and O–H groups in total. The molecule has 0 aromatic carbocycles. The second kappa shape index (κ2) is 9.67. The molecule has 0 aromatic rings. The fourth-order valence-electron chi connectivity index (χ4n) is 8.64. The molecule has 220 valence electrons. The number of hydrogen-bond donors (Lipinski definition) is 2. The molecule has 0 spiro atoms. The van der Waals surface area contributed by atoms with Gasteiger partial charge in [-0.1, -0.05) is 27.7 Å². The standard InChI is InChI=1S/C16H24O4.C15H24O4/c1-8-3-11-13(19-11)5-10(8)6-16(15(17)18)7-14-12(20-14)4-9(16)2;1-4-9-12(18-9)8-15(3,13(16)17)14(2)6-5-10-11(7-14)19-10/h8-14H,3-7H2,1-2H3,(H,17,18);9-12H,4-8H2,1-3H3,(H,16,17). The second-order valence-electron chi connectivity index (χ2n) is 14.6. The maximum Gasteiger partial charge on any atom is 0.310 e. The van der Waals surface area contributed by atoms with Crippen LogP contribution in [0.2, 0.25) is 0 Å². The zero-order chi connectivity index (χ0) is 27.9. The van der Waals surface area contributed by atoms with Crippen molar-refractivity contribution in [3.8, 4) is 0 Å². The first-order valence-corrected chi connectivity index (χ1v) is 15.5. The number of rotatable bonds is 8. The molecule has 4 aliphatic heterocycles. The fraction of sp³-hybridized carbons (Fsp3) is 0.935. The summed E-state index contributed by atoms with van der Waals surface area (Å²) in [4.78, 5) is 23.9. The molecule has 14 atom stereocenters. The van der Waals surface area contributed by atoms with E-state index in [0.29, 0.717) is 55.2 Å². The average molecular weight is 549 g/mol. The SMILES string of the molecule is CC1CC2OC2CC1CC1(C(=O)O)CC2OC2CC1C.CCC1OC1CC(C)(C(=O)O)C1(C)CCC2OC2C1. The maximum absolute atomic E-state index is 12.0. The molecule has 0 bridgehead atoms. The van der Waals surface area contributed by atoms with Gasteiger partial charge in [0.05, 0.1) is 59.7 Å². The average Bonchev–Trinajstić information content (AvgIpc) is 3.69. The maximum atomic E-state index is 12.0. The number of aliphatic carboxylic acids is 2. The van der Waals surface area contributed by atoms with Gasteiger partial charge in [0.1, 0.15) is 0 Å². The molecule has 3 saturated carbocycles. The molecular formula is C31H48O8. The van der Waals surface area contributed by atoms with E-state index in [9.17, 15) is 19.8 Å². The normalized spacial score (nSPS) is 52.0. The Hall–Kier alpha value is -1.22.